The van der Waals surface area contributed by atoms with E-state index in [4.69, 9.17) is 9.47 Å². The maximum atomic E-state index is 15.1. The van der Waals surface area contributed by atoms with Crippen LogP contribution >= 0.6 is 11.3 Å². The molecule has 1 saturated carbocycles. The number of fused-ring (bicyclic) bond motifs is 3. The van der Waals surface area contributed by atoms with E-state index in [0.717, 1.165) is 49.1 Å². The molecule has 0 bridgehead atoms. The SMILES string of the molecule is O=C(NCCCN1CCC(F)CC1)c1cc2sc3nc(-c4ccc(C5(O)COC5)cc4F)cn3c2cc1OCC1CC1. The number of rotatable bonds is 10. The maximum Gasteiger partial charge on any atom is 0.255 e. The fourth-order valence-corrected chi connectivity index (χ4v) is 6.67. The standard InChI is InChI=1S/C31H34F2N4O4S/c32-21-6-10-36(11-7-21)9-1-8-34-29(38)23-13-28-26(14-27(23)41-16-19-2-3-19)37-15-25(35-30(37)42-28)22-5-4-20(12-24(22)33)31(39)17-40-18-31/h4-5,12-15,19,21,39H,1-3,6-11,16-18H2,(H,34,38). The van der Waals surface area contributed by atoms with Gasteiger partial charge in [-0.2, -0.15) is 0 Å². The van der Waals surface area contributed by atoms with E-state index in [1.54, 1.807) is 18.3 Å². The van der Waals surface area contributed by atoms with Gasteiger partial charge >= 0.3 is 0 Å². The van der Waals surface area contributed by atoms with Crippen LogP contribution in [-0.4, -0.2) is 77.5 Å². The number of ether oxygens (including phenoxy) is 2. The fraction of sp³-hybridized carbons (Fsp3) is 0.484. The Balaban J connectivity index is 1.11. The van der Waals surface area contributed by atoms with Crippen LogP contribution < -0.4 is 10.1 Å². The first-order chi connectivity index (χ1) is 20.4. The molecule has 0 radical (unpaired) electrons. The lowest BCUT2D eigenvalue weighted by atomic mass is 9.91. The fourth-order valence-electron chi connectivity index (χ4n) is 5.64. The average Bonchev–Trinajstić information content (AvgIpc) is 3.62. The lowest BCUT2D eigenvalue weighted by Crippen LogP contribution is -2.46. The predicted molar refractivity (Wildman–Crippen MR) is 156 cm³/mol. The second-order valence-corrected chi connectivity index (χ2v) is 12.8. The van der Waals surface area contributed by atoms with Crippen molar-refractivity contribution in [1.82, 2.24) is 19.6 Å². The van der Waals surface area contributed by atoms with Crippen molar-refractivity contribution in [2.24, 2.45) is 5.92 Å². The summed E-state index contributed by atoms with van der Waals surface area (Å²) in [6.07, 6.45) is 5.33. The molecular weight excluding hydrogens is 562 g/mol. The van der Waals surface area contributed by atoms with Gasteiger partial charge in [-0.05, 0) is 68.3 Å². The zero-order chi connectivity index (χ0) is 28.8. The Bertz CT molecular complexity index is 1620. The third-order valence-electron chi connectivity index (χ3n) is 8.53. The second kappa shape index (κ2) is 11.2. The lowest BCUT2D eigenvalue weighted by Gasteiger charge is -2.36. The smallest absolute Gasteiger partial charge is 0.255 e. The van der Waals surface area contributed by atoms with Crippen LogP contribution in [0.25, 0.3) is 26.4 Å². The molecule has 4 aromatic rings. The molecule has 222 valence electrons. The zero-order valence-corrected chi connectivity index (χ0v) is 24.1. The first-order valence-corrected chi connectivity index (χ1v) is 15.5. The van der Waals surface area contributed by atoms with E-state index >= 15 is 4.39 Å². The molecular formula is C31H34F2N4O4S. The Morgan fingerprint density at radius 2 is 2.00 bits per heavy atom. The van der Waals surface area contributed by atoms with E-state index < -0.39 is 17.6 Å². The van der Waals surface area contributed by atoms with Crippen molar-refractivity contribution in [1.29, 1.82) is 0 Å². The summed E-state index contributed by atoms with van der Waals surface area (Å²) in [5.41, 5.74) is 1.52. The van der Waals surface area contributed by atoms with Gasteiger partial charge in [-0.3, -0.25) is 9.20 Å². The van der Waals surface area contributed by atoms with Crippen molar-refractivity contribution in [3.63, 3.8) is 0 Å². The van der Waals surface area contributed by atoms with Crippen LogP contribution in [0.1, 0.15) is 48.0 Å². The number of amides is 1. The van der Waals surface area contributed by atoms with Gasteiger partial charge in [0.2, 0.25) is 0 Å². The molecule has 2 aromatic carbocycles. The van der Waals surface area contributed by atoms with Gasteiger partial charge < -0.3 is 24.8 Å². The highest BCUT2D eigenvalue weighted by Crippen LogP contribution is 2.37. The van der Waals surface area contributed by atoms with E-state index in [9.17, 15) is 14.3 Å². The van der Waals surface area contributed by atoms with Gasteiger partial charge in [0.05, 0.1) is 41.3 Å². The zero-order valence-electron chi connectivity index (χ0n) is 23.3. The number of hydrogen-bond acceptors (Lipinski definition) is 7. The molecule has 0 unspecified atom stereocenters. The van der Waals surface area contributed by atoms with Gasteiger partial charge in [0, 0.05) is 37.5 Å². The van der Waals surface area contributed by atoms with Crippen LogP contribution in [-0.2, 0) is 10.3 Å². The molecule has 2 aliphatic heterocycles. The van der Waals surface area contributed by atoms with Gasteiger partial charge in [-0.15, -0.1) is 0 Å². The summed E-state index contributed by atoms with van der Waals surface area (Å²) in [5, 5.41) is 13.5. The third kappa shape index (κ3) is 5.50. The van der Waals surface area contributed by atoms with E-state index in [1.165, 1.54) is 17.4 Å². The monoisotopic (exact) mass is 596 g/mol. The molecule has 0 spiro atoms. The highest BCUT2D eigenvalue weighted by Gasteiger charge is 2.38. The number of nitrogens with one attached hydrogen (secondary N) is 1. The average molecular weight is 597 g/mol. The molecule has 8 nitrogen and oxygen atoms in total. The van der Waals surface area contributed by atoms with E-state index in [2.05, 4.69) is 15.2 Å². The summed E-state index contributed by atoms with van der Waals surface area (Å²) in [7, 11) is 0. The van der Waals surface area contributed by atoms with Crippen LogP contribution in [0.15, 0.2) is 36.5 Å². The van der Waals surface area contributed by atoms with Gasteiger partial charge in [0.15, 0.2) is 4.96 Å². The third-order valence-corrected chi connectivity index (χ3v) is 9.55. The Labute approximate surface area is 246 Å². The summed E-state index contributed by atoms with van der Waals surface area (Å²) in [5.74, 6) is 0.404. The van der Waals surface area contributed by atoms with Crippen molar-refractivity contribution in [2.45, 2.75) is 43.9 Å². The molecule has 4 heterocycles. The van der Waals surface area contributed by atoms with Gasteiger partial charge in [0.25, 0.3) is 5.91 Å². The van der Waals surface area contributed by atoms with Crippen molar-refractivity contribution < 1.29 is 28.2 Å². The predicted octanol–water partition coefficient (Wildman–Crippen LogP) is 4.92. The highest BCUT2D eigenvalue weighted by atomic mass is 32.1. The Kier molecular flexibility index (Phi) is 7.37. The summed E-state index contributed by atoms with van der Waals surface area (Å²) < 4.78 is 42.6. The Hall–Kier alpha value is -3.12. The topological polar surface area (TPSA) is 88.3 Å². The summed E-state index contributed by atoms with van der Waals surface area (Å²) >= 11 is 1.43. The molecule has 3 aliphatic rings. The number of likely N-dealkylation sites (tertiary alicyclic amines) is 1. The first kappa shape index (κ1) is 27.7. The highest BCUT2D eigenvalue weighted by molar-refractivity contribution is 7.23. The quantitative estimate of drug-likeness (QED) is 0.253. The number of aromatic nitrogens is 2. The number of benzene rings is 2. The summed E-state index contributed by atoms with van der Waals surface area (Å²) in [6, 6.07) is 8.45. The normalized spacial score (nSPS) is 19.3. The Morgan fingerprint density at radius 3 is 2.71 bits per heavy atom. The molecule has 7 rings (SSSR count). The van der Waals surface area contributed by atoms with E-state index in [1.807, 2.05) is 16.5 Å². The molecule has 1 amide bonds. The number of carbonyl (C=O) groups is 1. The molecule has 2 saturated heterocycles. The van der Waals surface area contributed by atoms with Gasteiger partial charge in [-0.1, -0.05) is 17.4 Å². The second-order valence-electron chi connectivity index (χ2n) is 11.8. The number of hydrogen-bond donors (Lipinski definition) is 2. The molecule has 2 N–H and O–H groups in total. The minimum atomic E-state index is -1.14. The molecule has 11 heteroatoms. The van der Waals surface area contributed by atoms with Crippen LogP contribution in [0.2, 0.25) is 0 Å². The number of halogens is 2. The van der Waals surface area contributed by atoms with Crippen LogP contribution in [0.5, 0.6) is 5.75 Å². The van der Waals surface area contributed by atoms with Crippen LogP contribution in [0, 0.1) is 11.7 Å². The lowest BCUT2D eigenvalue weighted by molar-refractivity contribution is -0.184. The largest absolute Gasteiger partial charge is 0.492 e. The molecule has 3 fully saturated rings. The minimum absolute atomic E-state index is 0.156. The first-order valence-electron chi connectivity index (χ1n) is 14.7. The molecule has 1 aliphatic carbocycles. The molecule has 0 atom stereocenters. The number of nitrogens with zero attached hydrogens (tertiary/aromatic N) is 3. The van der Waals surface area contributed by atoms with Crippen LogP contribution in [0.4, 0.5) is 8.78 Å². The molecule has 42 heavy (non-hydrogen) atoms. The number of alkyl halides is 1. The molecule has 2 aromatic heterocycles. The van der Waals surface area contributed by atoms with Crippen molar-refractivity contribution in [2.75, 3.05) is 46.0 Å². The van der Waals surface area contributed by atoms with E-state index in [-0.39, 0.29) is 19.1 Å². The van der Waals surface area contributed by atoms with Crippen molar-refractivity contribution >= 4 is 32.4 Å². The minimum Gasteiger partial charge on any atom is -0.492 e. The number of imidazole rings is 1. The maximum absolute atomic E-state index is 15.1. The van der Waals surface area contributed by atoms with Crippen LogP contribution in [0.3, 0.4) is 0 Å². The number of thiazole rings is 1. The van der Waals surface area contributed by atoms with Crippen molar-refractivity contribution in [3.8, 4) is 17.0 Å². The van der Waals surface area contributed by atoms with Crippen molar-refractivity contribution in [3.05, 3.63) is 53.5 Å². The summed E-state index contributed by atoms with van der Waals surface area (Å²) in [4.78, 5) is 20.9. The number of piperidine rings is 1. The number of aliphatic hydroxyl groups is 1. The van der Waals surface area contributed by atoms with Gasteiger partial charge in [-0.25, -0.2) is 13.8 Å². The number of carbonyl (C=O) groups excluding carboxylic acids is 1. The Morgan fingerprint density at radius 1 is 1.19 bits per heavy atom. The summed E-state index contributed by atoms with van der Waals surface area (Å²) in [6.45, 7) is 3.77. The van der Waals surface area contributed by atoms with E-state index in [0.29, 0.717) is 65.0 Å². The van der Waals surface area contributed by atoms with Gasteiger partial charge in [0.1, 0.15) is 23.3 Å².